The number of hydrogen-bond acceptors (Lipinski definition) is 3. The Bertz CT molecular complexity index is 454. The van der Waals surface area contributed by atoms with Gasteiger partial charge < -0.3 is 20.5 Å². The van der Waals surface area contributed by atoms with Gasteiger partial charge in [0.2, 0.25) is 0 Å². The van der Waals surface area contributed by atoms with Crippen LogP contribution in [-0.4, -0.2) is 30.9 Å². The van der Waals surface area contributed by atoms with Gasteiger partial charge in [0.25, 0.3) is 0 Å². The number of aliphatic hydroxyl groups excluding tert-OH is 1. The van der Waals surface area contributed by atoms with Crippen LogP contribution in [0, 0.1) is 5.92 Å². The minimum Gasteiger partial charge on any atom is -0.396 e. The molecule has 0 aliphatic heterocycles. The van der Waals surface area contributed by atoms with Gasteiger partial charge in [-0.15, -0.1) is 0 Å². The molecular formula is C14H21BrN2O3. The summed E-state index contributed by atoms with van der Waals surface area (Å²) >= 11 is 3.44. The number of anilines is 1. The molecule has 0 saturated heterocycles. The smallest absolute Gasteiger partial charge is 0.319 e. The van der Waals surface area contributed by atoms with E-state index in [1.807, 2.05) is 32.0 Å². The van der Waals surface area contributed by atoms with E-state index in [1.165, 1.54) is 0 Å². The molecule has 0 spiro atoms. The van der Waals surface area contributed by atoms with Gasteiger partial charge in [0.1, 0.15) is 0 Å². The van der Waals surface area contributed by atoms with Crippen molar-refractivity contribution in [2.75, 3.05) is 19.0 Å². The van der Waals surface area contributed by atoms with Gasteiger partial charge in [-0.05, 0) is 25.0 Å². The van der Waals surface area contributed by atoms with Crippen LogP contribution < -0.4 is 10.6 Å². The Balaban J connectivity index is 2.73. The first-order chi connectivity index (χ1) is 9.49. The molecule has 1 rings (SSSR count). The molecule has 6 heteroatoms. The fourth-order valence-electron chi connectivity index (χ4n) is 1.63. The standard InChI is InChI=1S/C14H21BrN2O3/c1-9(7-18)10(2)16-14(19)17-13-6-4-5-12(15)11(13)8-20-3/h4-6,9-10,18H,7-8H2,1-3H3,(H2,16,17,19)/t9-,10+/m1/s1. The Morgan fingerprint density at radius 2 is 2.15 bits per heavy atom. The number of halogens is 1. The lowest BCUT2D eigenvalue weighted by atomic mass is 10.1. The number of carbonyl (C=O) groups is 1. The Labute approximate surface area is 127 Å². The molecular weight excluding hydrogens is 324 g/mol. The second-order valence-electron chi connectivity index (χ2n) is 4.75. The second kappa shape index (κ2) is 8.24. The molecule has 0 aliphatic rings. The molecule has 0 aliphatic carbocycles. The van der Waals surface area contributed by atoms with Crippen molar-refractivity contribution in [1.82, 2.24) is 5.32 Å². The van der Waals surface area contributed by atoms with E-state index in [2.05, 4.69) is 26.6 Å². The minimum absolute atomic E-state index is 0.00158. The predicted octanol–water partition coefficient (Wildman–Crippen LogP) is 2.73. The van der Waals surface area contributed by atoms with Gasteiger partial charge in [-0.3, -0.25) is 0 Å². The summed E-state index contributed by atoms with van der Waals surface area (Å²) in [6.45, 7) is 4.17. The maximum Gasteiger partial charge on any atom is 0.319 e. The molecule has 1 aromatic rings. The summed E-state index contributed by atoms with van der Waals surface area (Å²) in [7, 11) is 1.61. The molecule has 0 aromatic heterocycles. The van der Waals surface area contributed by atoms with E-state index in [1.54, 1.807) is 7.11 Å². The van der Waals surface area contributed by atoms with Crippen molar-refractivity contribution in [3.05, 3.63) is 28.2 Å². The zero-order valence-electron chi connectivity index (χ0n) is 11.9. The normalized spacial score (nSPS) is 13.7. The van der Waals surface area contributed by atoms with Crippen LogP contribution in [0.15, 0.2) is 22.7 Å². The lowest BCUT2D eigenvalue weighted by Crippen LogP contribution is -2.41. The van der Waals surface area contributed by atoms with E-state index in [0.717, 1.165) is 10.0 Å². The zero-order chi connectivity index (χ0) is 15.1. The average Bonchev–Trinajstić information content (AvgIpc) is 2.41. The molecule has 1 aromatic carbocycles. The quantitative estimate of drug-likeness (QED) is 0.742. The number of ether oxygens (including phenoxy) is 1. The van der Waals surface area contributed by atoms with E-state index in [4.69, 9.17) is 9.84 Å². The lowest BCUT2D eigenvalue weighted by molar-refractivity contribution is 0.185. The van der Waals surface area contributed by atoms with Crippen molar-refractivity contribution in [2.24, 2.45) is 5.92 Å². The Morgan fingerprint density at radius 1 is 1.45 bits per heavy atom. The molecule has 2 amide bonds. The summed E-state index contributed by atoms with van der Waals surface area (Å²) in [5, 5.41) is 14.7. The lowest BCUT2D eigenvalue weighted by Gasteiger charge is -2.20. The Hall–Kier alpha value is -1.11. The monoisotopic (exact) mass is 344 g/mol. The van der Waals surface area contributed by atoms with E-state index in [-0.39, 0.29) is 24.6 Å². The molecule has 0 bridgehead atoms. The van der Waals surface area contributed by atoms with Crippen LogP contribution in [0.3, 0.4) is 0 Å². The van der Waals surface area contributed by atoms with Gasteiger partial charge in [-0.1, -0.05) is 28.9 Å². The highest BCUT2D eigenvalue weighted by Crippen LogP contribution is 2.25. The van der Waals surface area contributed by atoms with Gasteiger partial charge in [0, 0.05) is 35.5 Å². The topological polar surface area (TPSA) is 70.6 Å². The second-order valence-corrected chi connectivity index (χ2v) is 5.60. The third-order valence-electron chi connectivity index (χ3n) is 3.16. The van der Waals surface area contributed by atoms with Crippen LogP contribution in [0.25, 0.3) is 0 Å². The summed E-state index contributed by atoms with van der Waals surface area (Å²) < 4.78 is 6.02. The average molecular weight is 345 g/mol. The highest BCUT2D eigenvalue weighted by molar-refractivity contribution is 9.10. The Kier molecular flexibility index (Phi) is 6.98. The number of urea groups is 1. The van der Waals surface area contributed by atoms with Crippen LogP contribution >= 0.6 is 15.9 Å². The van der Waals surface area contributed by atoms with Crippen molar-refractivity contribution < 1.29 is 14.6 Å². The van der Waals surface area contributed by atoms with Gasteiger partial charge in [0.15, 0.2) is 0 Å². The van der Waals surface area contributed by atoms with Crippen LogP contribution in [0.4, 0.5) is 10.5 Å². The summed E-state index contributed by atoms with van der Waals surface area (Å²) in [5.74, 6) is 0.00158. The molecule has 5 nitrogen and oxygen atoms in total. The van der Waals surface area contributed by atoms with E-state index in [0.29, 0.717) is 12.3 Å². The molecule has 0 fully saturated rings. The molecule has 0 radical (unpaired) electrons. The van der Waals surface area contributed by atoms with E-state index >= 15 is 0 Å². The number of rotatable bonds is 6. The SMILES string of the molecule is COCc1c(Br)cccc1NC(=O)N[C@@H](C)[C@H](C)CO. The number of aliphatic hydroxyl groups is 1. The number of carbonyl (C=O) groups excluding carboxylic acids is 1. The molecule has 0 unspecified atom stereocenters. The third kappa shape index (κ3) is 4.77. The third-order valence-corrected chi connectivity index (χ3v) is 3.90. The zero-order valence-corrected chi connectivity index (χ0v) is 13.5. The fraction of sp³-hybridized carbons (Fsp3) is 0.500. The first kappa shape index (κ1) is 16.9. The first-order valence-electron chi connectivity index (χ1n) is 6.44. The van der Waals surface area contributed by atoms with Crippen LogP contribution in [-0.2, 0) is 11.3 Å². The highest BCUT2D eigenvalue weighted by Gasteiger charge is 2.15. The number of hydrogen-bond donors (Lipinski definition) is 3. The van der Waals surface area contributed by atoms with Crippen molar-refractivity contribution in [3.63, 3.8) is 0 Å². The molecule has 3 N–H and O–H groups in total. The van der Waals surface area contributed by atoms with Gasteiger partial charge in [-0.2, -0.15) is 0 Å². The number of methoxy groups -OCH3 is 1. The van der Waals surface area contributed by atoms with Gasteiger partial charge in [-0.25, -0.2) is 4.79 Å². The number of amides is 2. The molecule has 0 saturated carbocycles. The fourth-order valence-corrected chi connectivity index (χ4v) is 2.11. The number of benzene rings is 1. The maximum absolute atomic E-state index is 12.0. The summed E-state index contributed by atoms with van der Waals surface area (Å²) in [5.41, 5.74) is 1.58. The van der Waals surface area contributed by atoms with Gasteiger partial charge in [0.05, 0.1) is 6.61 Å². The van der Waals surface area contributed by atoms with E-state index < -0.39 is 0 Å². The summed E-state index contributed by atoms with van der Waals surface area (Å²) in [4.78, 5) is 12.0. The minimum atomic E-state index is -0.298. The Morgan fingerprint density at radius 3 is 2.75 bits per heavy atom. The highest BCUT2D eigenvalue weighted by atomic mass is 79.9. The first-order valence-corrected chi connectivity index (χ1v) is 7.23. The molecule has 20 heavy (non-hydrogen) atoms. The van der Waals surface area contributed by atoms with Crippen molar-refractivity contribution in [3.8, 4) is 0 Å². The maximum atomic E-state index is 12.0. The number of nitrogens with one attached hydrogen (secondary N) is 2. The van der Waals surface area contributed by atoms with Crippen LogP contribution in [0.1, 0.15) is 19.4 Å². The molecule has 112 valence electrons. The largest absolute Gasteiger partial charge is 0.396 e. The van der Waals surface area contributed by atoms with Crippen LogP contribution in [0.5, 0.6) is 0 Å². The molecule has 0 heterocycles. The van der Waals surface area contributed by atoms with Crippen molar-refractivity contribution >= 4 is 27.6 Å². The summed E-state index contributed by atoms with van der Waals surface area (Å²) in [6.07, 6.45) is 0. The van der Waals surface area contributed by atoms with Gasteiger partial charge >= 0.3 is 6.03 Å². The predicted molar refractivity (Wildman–Crippen MR) is 82.7 cm³/mol. The van der Waals surface area contributed by atoms with E-state index in [9.17, 15) is 4.79 Å². The molecule has 2 atom stereocenters. The van der Waals surface area contributed by atoms with Crippen LogP contribution in [0.2, 0.25) is 0 Å². The summed E-state index contributed by atoms with van der Waals surface area (Å²) in [6, 6.07) is 5.15. The van der Waals surface area contributed by atoms with Crippen molar-refractivity contribution in [1.29, 1.82) is 0 Å². The van der Waals surface area contributed by atoms with Crippen molar-refractivity contribution in [2.45, 2.75) is 26.5 Å².